The number of nitrogens with one attached hydrogen (secondary N) is 2. The van der Waals surface area contributed by atoms with Crippen molar-refractivity contribution in [2.24, 2.45) is 5.16 Å². The molecule has 0 aliphatic carbocycles. The summed E-state index contributed by atoms with van der Waals surface area (Å²) in [5.41, 5.74) is 0.0115. The highest BCUT2D eigenvalue weighted by atomic mass is 35.5. The molecule has 1 aromatic heterocycles. The summed E-state index contributed by atoms with van der Waals surface area (Å²) in [6, 6.07) is 5.86. The minimum Gasteiger partial charge on any atom is -0.540 e. The molecule has 0 unspecified atom stereocenters. The number of benzene rings is 1. The number of esters is 1. The largest absolute Gasteiger partial charge is 0.540 e. The van der Waals surface area contributed by atoms with Gasteiger partial charge in [0.15, 0.2) is 10.8 Å². The first-order valence-corrected chi connectivity index (χ1v) is 16.4. The zero-order valence-electron chi connectivity index (χ0n) is 26.0. The van der Waals surface area contributed by atoms with Crippen LogP contribution in [0.2, 0.25) is 0 Å². The summed E-state index contributed by atoms with van der Waals surface area (Å²) in [6.07, 6.45) is 0.838. The predicted octanol–water partition coefficient (Wildman–Crippen LogP) is 3.00. The Morgan fingerprint density at radius 2 is 1.94 bits per heavy atom. The molecule has 2 aromatic rings. The maximum Gasteiger partial charge on any atom is 0.413 e. The van der Waals surface area contributed by atoms with Crippen molar-refractivity contribution in [2.45, 2.75) is 44.4 Å². The topological polar surface area (TPSA) is 184 Å². The minimum absolute atomic E-state index is 0.0175. The number of thiazole rings is 1. The molecule has 3 heterocycles. The normalized spacial score (nSPS) is 17.6. The third-order valence-electron chi connectivity index (χ3n) is 6.31. The van der Waals surface area contributed by atoms with Gasteiger partial charge in [0, 0.05) is 17.0 Å². The van der Waals surface area contributed by atoms with Crippen molar-refractivity contribution in [3.63, 3.8) is 0 Å². The van der Waals surface area contributed by atoms with Gasteiger partial charge >= 0.3 is 26.1 Å². The number of carbonyl (C=O) groups is 5. The van der Waals surface area contributed by atoms with Crippen LogP contribution in [0, 0.1) is 0 Å². The van der Waals surface area contributed by atoms with Crippen molar-refractivity contribution in [2.75, 3.05) is 24.1 Å². The lowest BCUT2D eigenvalue weighted by molar-refractivity contribution is -0.153. The molecule has 48 heavy (non-hydrogen) atoms. The summed E-state index contributed by atoms with van der Waals surface area (Å²) in [5, 5.41) is 9.63. The van der Waals surface area contributed by atoms with E-state index in [0.29, 0.717) is 22.6 Å². The number of hydrogen-bond donors (Lipinski definition) is 2. The van der Waals surface area contributed by atoms with Gasteiger partial charge in [0.25, 0.3) is 11.8 Å². The standard InChI is InChI=1S/C29H29BClN5O10S2/c1-29(2,3)45-28(41)34-27-32-18(14-48-27)20(35-44-10-9-19(37)46-30)23(38)33-21-24(39)36-22(16(11-31)13-47-25(21)36)26(40)43-12-15-5-7-17(42-4)8-6-15/h5-10,14,21,25H,11-13H2,1-4H3,(H,33,38)(H,32,34,41)/b10-9+,35-20-/t21-,25-/m1/s1. The maximum absolute atomic E-state index is 13.5. The first kappa shape index (κ1) is 36.3. The second-order valence-electron chi connectivity index (χ2n) is 10.8. The summed E-state index contributed by atoms with van der Waals surface area (Å²) in [7, 11) is 6.32. The molecule has 2 aliphatic heterocycles. The first-order valence-electron chi connectivity index (χ1n) is 14.0. The Morgan fingerprint density at radius 3 is 2.58 bits per heavy atom. The van der Waals surface area contributed by atoms with E-state index in [2.05, 4.69) is 25.4 Å². The number of ether oxygens (including phenoxy) is 3. The number of oxime groups is 1. The van der Waals surface area contributed by atoms with Crippen LogP contribution in [-0.2, 0) is 44.8 Å². The van der Waals surface area contributed by atoms with Gasteiger partial charge in [-0.2, -0.15) is 0 Å². The van der Waals surface area contributed by atoms with Crippen LogP contribution in [0.25, 0.3) is 0 Å². The van der Waals surface area contributed by atoms with E-state index in [-0.39, 0.29) is 29.0 Å². The number of rotatable bonds is 12. The van der Waals surface area contributed by atoms with Crippen LogP contribution in [0.1, 0.15) is 32.0 Å². The van der Waals surface area contributed by atoms with Gasteiger partial charge in [0.1, 0.15) is 47.0 Å². The average Bonchev–Trinajstić information content (AvgIpc) is 3.51. The van der Waals surface area contributed by atoms with Crippen LogP contribution in [-0.4, -0.2) is 89.3 Å². The lowest BCUT2D eigenvalue weighted by Crippen LogP contribution is -2.71. The number of thioether (sulfide) groups is 1. The molecule has 0 spiro atoms. The summed E-state index contributed by atoms with van der Waals surface area (Å²) < 4.78 is 19.9. The molecule has 15 nitrogen and oxygen atoms in total. The van der Waals surface area contributed by atoms with Gasteiger partial charge < -0.3 is 29.0 Å². The van der Waals surface area contributed by atoms with E-state index >= 15 is 0 Å². The molecule has 3 amide bonds. The SMILES string of the molecule is [B]OC(=O)/C=C/O/N=C(\C(=O)N[C@@H]1C(=O)N2C(C(=O)OCc3ccc(OC)cc3)=C(CCl)CS[C@H]12)c1csc(NC(=O)OC(C)(C)C)n1. The fourth-order valence-electron chi connectivity index (χ4n) is 4.17. The summed E-state index contributed by atoms with van der Waals surface area (Å²) in [6.45, 7) is 5.01. The van der Waals surface area contributed by atoms with Gasteiger partial charge in [-0.05, 0) is 44.0 Å². The highest BCUT2D eigenvalue weighted by molar-refractivity contribution is 8.00. The first-order chi connectivity index (χ1) is 22.8. The fourth-order valence-corrected chi connectivity index (χ4v) is 6.53. The van der Waals surface area contributed by atoms with Gasteiger partial charge in [0.05, 0.1) is 13.2 Å². The zero-order chi connectivity index (χ0) is 35.0. The Kier molecular flexibility index (Phi) is 12.1. The van der Waals surface area contributed by atoms with E-state index in [0.717, 1.165) is 23.7 Å². The minimum atomic E-state index is -1.07. The third-order valence-corrected chi connectivity index (χ3v) is 8.73. The fraction of sp³-hybridized carbons (Fsp3) is 0.345. The monoisotopic (exact) mass is 717 g/mol. The van der Waals surface area contributed by atoms with E-state index in [9.17, 15) is 24.0 Å². The number of hydrogen-bond acceptors (Lipinski definition) is 14. The number of β-lactam (4-membered cyclic amide) rings is 1. The number of amides is 3. The predicted molar refractivity (Wildman–Crippen MR) is 176 cm³/mol. The van der Waals surface area contributed by atoms with E-state index in [1.165, 1.54) is 29.2 Å². The molecule has 1 saturated heterocycles. The molecule has 4 rings (SSSR count). The number of methoxy groups -OCH3 is 1. The molecule has 19 heteroatoms. The maximum atomic E-state index is 13.5. The average molecular weight is 718 g/mol. The van der Waals surface area contributed by atoms with Crippen molar-refractivity contribution < 1.29 is 47.7 Å². The third kappa shape index (κ3) is 9.08. The highest BCUT2D eigenvalue weighted by Crippen LogP contribution is 2.41. The molecule has 2 radical (unpaired) electrons. The lowest BCUT2D eigenvalue weighted by atomic mass is 10.0. The number of aromatic nitrogens is 1. The second kappa shape index (κ2) is 16.0. The van der Waals surface area contributed by atoms with Gasteiger partial charge in [-0.1, -0.05) is 17.3 Å². The molecule has 0 saturated carbocycles. The Labute approximate surface area is 289 Å². The van der Waals surface area contributed by atoms with Gasteiger partial charge in [-0.25, -0.2) is 19.4 Å². The van der Waals surface area contributed by atoms with Gasteiger partial charge in [-0.15, -0.1) is 34.7 Å². The number of nitrogens with zero attached hydrogens (tertiary/aromatic N) is 3. The molecule has 2 aliphatic rings. The van der Waals surface area contributed by atoms with Crippen LogP contribution >= 0.6 is 34.7 Å². The zero-order valence-corrected chi connectivity index (χ0v) is 28.4. The van der Waals surface area contributed by atoms with Crippen LogP contribution in [0.4, 0.5) is 9.93 Å². The molecule has 252 valence electrons. The summed E-state index contributed by atoms with van der Waals surface area (Å²) >= 11 is 8.38. The smallest absolute Gasteiger partial charge is 0.413 e. The molecule has 2 atom stereocenters. The second-order valence-corrected chi connectivity index (χ2v) is 13.1. The number of fused-ring (bicyclic) bond motifs is 1. The number of anilines is 1. The molecular formula is C29H29BClN5O10S2. The molecule has 1 aromatic carbocycles. The lowest BCUT2D eigenvalue weighted by Gasteiger charge is -2.49. The Bertz CT molecular complexity index is 1660. The van der Waals surface area contributed by atoms with Crippen LogP contribution in [0.3, 0.4) is 0 Å². The van der Waals surface area contributed by atoms with Crippen molar-refractivity contribution in [3.8, 4) is 5.75 Å². The van der Waals surface area contributed by atoms with Crippen LogP contribution in [0.5, 0.6) is 5.75 Å². The number of halogens is 1. The quantitative estimate of drug-likeness (QED) is 0.0479. The molecule has 1 fully saturated rings. The summed E-state index contributed by atoms with van der Waals surface area (Å²) in [5.74, 6) is -2.24. The van der Waals surface area contributed by atoms with Gasteiger partial charge in [-0.3, -0.25) is 19.8 Å². The van der Waals surface area contributed by atoms with Crippen molar-refractivity contribution in [1.29, 1.82) is 0 Å². The van der Waals surface area contributed by atoms with E-state index in [4.69, 9.17) is 38.7 Å². The Morgan fingerprint density at radius 1 is 1.21 bits per heavy atom. The van der Waals surface area contributed by atoms with Crippen molar-refractivity contribution >= 4 is 83.4 Å². The van der Waals surface area contributed by atoms with Crippen molar-refractivity contribution in [1.82, 2.24) is 15.2 Å². The van der Waals surface area contributed by atoms with E-state index in [1.807, 2.05) is 0 Å². The van der Waals surface area contributed by atoms with Crippen LogP contribution < -0.4 is 15.4 Å². The molecule has 2 N–H and O–H groups in total. The molecule has 0 bridgehead atoms. The molecular weight excluding hydrogens is 689 g/mol. The van der Waals surface area contributed by atoms with Crippen molar-refractivity contribution in [3.05, 3.63) is 64.5 Å². The highest BCUT2D eigenvalue weighted by Gasteiger charge is 2.54. The van der Waals surface area contributed by atoms with E-state index < -0.39 is 52.6 Å². The van der Waals surface area contributed by atoms with Crippen LogP contribution in [0.15, 0.2) is 58.4 Å². The number of carbonyl (C=O) groups excluding carboxylic acids is 5. The number of alkyl halides is 1. The Balaban J connectivity index is 1.49. The Hall–Kier alpha value is -4.55. The summed E-state index contributed by atoms with van der Waals surface area (Å²) in [4.78, 5) is 74.0. The van der Waals surface area contributed by atoms with E-state index in [1.54, 1.807) is 45.0 Å². The van der Waals surface area contributed by atoms with Gasteiger partial charge in [0.2, 0.25) is 0 Å².